The molecule has 19 heavy (non-hydrogen) atoms. The van der Waals surface area contributed by atoms with E-state index >= 15 is 0 Å². The van der Waals surface area contributed by atoms with Gasteiger partial charge in [0.1, 0.15) is 0 Å². The van der Waals surface area contributed by atoms with Crippen LogP contribution in [0.2, 0.25) is 0 Å². The fraction of sp³-hybridized carbons (Fsp3) is 0.312. The number of thioether (sulfide) groups is 1. The smallest absolute Gasteiger partial charge is 0.0416 e. The molecule has 2 unspecified atom stereocenters. The van der Waals surface area contributed by atoms with Crippen LogP contribution in [0.25, 0.3) is 0 Å². The monoisotopic (exact) mass is 272 g/mol. The standard InChI is InChI=1S/C16H20N2S/c1-3-13-4-6-14(7-5-13)16(17)12(2)19-15-8-10-18-11-9-15/h4-12,16H,3,17H2,1-2H3. The number of aromatic nitrogens is 1. The summed E-state index contributed by atoms with van der Waals surface area (Å²) in [7, 11) is 0. The van der Waals surface area contributed by atoms with Gasteiger partial charge in [0.25, 0.3) is 0 Å². The number of hydrogen-bond acceptors (Lipinski definition) is 3. The van der Waals surface area contributed by atoms with Crippen LogP contribution < -0.4 is 5.73 Å². The molecule has 0 amide bonds. The second-order valence-electron chi connectivity index (χ2n) is 4.63. The summed E-state index contributed by atoms with van der Waals surface area (Å²) in [5.41, 5.74) is 8.89. The van der Waals surface area contributed by atoms with Crippen molar-refractivity contribution in [2.24, 2.45) is 5.73 Å². The van der Waals surface area contributed by atoms with Crippen LogP contribution in [-0.4, -0.2) is 10.2 Å². The van der Waals surface area contributed by atoms with Crippen LogP contribution in [0.5, 0.6) is 0 Å². The van der Waals surface area contributed by atoms with E-state index in [0.717, 1.165) is 6.42 Å². The molecule has 0 aliphatic heterocycles. The Kier molecular flexibility index (Phi) is 5.00. The highest BCUT2D eigenvalue weighted by Gasteiger charge is 2.15. The van der Waals surface area contributed by atoms with Crippen molar-refractivity contribution in [1.82, 2.24) is 4.98 Å². The van der Waals surface area contributed by atoms with E-state index in [1.807, 2.05) is 24.5 Å². The topological polar surface area (TPSA) is 38.9 Å². The molecule has 2 N–H and O–H groups in total. The van der Waals surface area contributed by atoms with E-state index in [1.165, 1.54) is 16.0 Å². The minimum absolute atomic E-state index is 0.0454. The highest BCUT2D eigenvalue weighted by Crippen LogP contribution is 2.30. The zero-order valence-electron chi connectivity index (χ0n) is 11.4. The molecule has 2 rings (SSSR count). The number of hydrogen-bond donors (Lipinski definition) is 1. The summed E-state index contributed by atoms with van der Waals surface area (Å²) in [6, 6.07) is 12.7. The molecule has 3 heteroatoms. The van der Waals surface area contributed by atoms with Gasteiger partial charge >= 0.3 is 0 Å². The van der Waals surface area contributed by atoms with Crippen molar-refractivity contribution in [3.05, 3.63) is 59.9 Å². The van der Waals surface area contributed by atoms with Crippen LogP contribution >= 0.6 is 11.8 Å². The quantitative estimate of drug-likeness (QED) is 0.841. The third-order valence-corrected chi connectivity index (χ3v) is 4.46. The fourth-order valence-corrected chi connectivity index (χ4v) is 2.96. The third kappa shape index (κ3) is 3.82. The van der Waals surface area contributed by atoms with Gasteiger partial charge in [0, 0.05) is 28.6 Å². The van der Waals surface area contributed by atoms with Crippen molar-refractivity contribution in [2.45, 2.75) is 36.5 Å². The molecule has 0 spiro atoms. The maximum absolute atomic E-state index is 6.34. The first-order valence-corrected chi connectivity index (χ1v) is 7.49. The van der Waals surface area contributed by atoms with E-state index in [1.54, 1.807) is 11.8 Å². The predicted octanol–water partition coefficient (Wildman–Crippen LogP) is 3.82. The van der Waals surface area contributed by atoms with Crippen LogP contribution in [0.15, 0.2) is 53.7 Å². The van der Waals surface area contributed by atoms with Crippen molar-refractivity contribution in [3.8, 4) is 0 Å². The molecule has 1 aromatic carbocycles. The van der Waals surface area contributed by atoms with E-state index in [9.17, 15) is 0 Å². The maximum Gasteiger partial charge on any atom is 0.0416 e. The van der Waals surface area contributed by atoms with Gasteiger partial charge in [-0.15, -0.1) is 11.8 Å². The lowest BCUT2D eigenvalue weighted by Gasteiger charge is -2.20. The molecule has 0 radical (unpaired) electrons. The third-order valence-electron chi connectivity index (χ3n) is 3.25. The van der Waals surface area contributed by atoms with Crippen molar-refractivity contribution in [2.75, 3.05) is 0 Å². The van der Waals surface area contributed by atoms with Crippen LogP contribution in [0.4, 0.5) is 0 Å². The van der Waals surface area contributed by atoms with Crippen LogP contribution in [-0.2, 0) is 6.42 Å². The molecule has 100 valence electrons. The normalized spacial score (nSPS) is 14.1. The summed E-state index contributed by atoms with van der Waals surface area (Å²) in [6.45, 7) is 4.33. The van der Waals surface area contributed by atoms with Crippen molar-refractivity contribution >= 4 is 11.8 Å². The van der Waals surface area contributed by atoms with Crippen LogP contribution in [0, 0.1) is 0 Å². The molecule has 0 saturated heterocycles. The van der Waals surface area contributed by atoms with Gasteiger partial charge in [-0.25, -0.2) is 0 Å². The second kappa shape index (κ2) is 6.73. The molecule has 0 saturated carbocycles. The van der Waals surface area contributed by atoms with E-state index < -0.39 is 0 Å². The molecule has 1 aromatic heterocycles. The maximum atomic E-state index is 6.34. The fourth-order valence-electron chi connectivity index (χ4n) is 1.95. The lowest BCUT2D eigenvalue weighted by Crippen LogP contribution is -2.21. The largest absolute Gasteiger partial charge is 0.323 e. The highest BCUT2D eigenvalue weighted by atomic mass is 32.2. The first kappa shape index (κ1) is 14.1. The summed E-state index contributed by atoms with van der Waals surface area (Å²) in [5, 5.41) is 0.329. The first-order valence-electron chi connectivity index (χ1n) is 6.61. The summed E-state index contributed by atoms with van der Waals surface area (Å²) in [5.74, 6) is 0. The average Bonchev–Trinajstić information content (AvgIpc) is 2.47. The lowest BCUT2D eigenvalue weighted by molar-refractivity contribution is 0.714. The van der Waals surface area contributed by atoms with Gasteiger partial charge in [-0.1, -0.05) is 38.1 Å². The van der Waals surface area contributed by atoms with Gasteiger partial charge in [0.2, 0.25) is 0 Å². The van der Waals surface area contributed by atoms with E-state index in [0.29, 0.717) is 5.25 Å². The van der Waals surface area contributed by atoms with Gasteiger partial charge in [-0.2, -0.15) is 0 Å². The van der Waals surface area contributed by atoms with Gasteiger partial charge in [0.05, 0.1) is 0 Å². The number of aryl methyl sites for hydroxylation is 1. The number of nitrogens with zero attached hydrogens (tertiary/aromatic N) is 1. The molecular weight excluding hydrogens is 252 g/mol. The number of pyridine rings is 1. The molecule has 0 aliphatic rings. The van der Waals surface area contributed by atoms with Crippen LogP contribution in [0.3, 0.4) is 0 Å². The molecule has 0 aliphatic carbocycles. The summed E-state index contributed by atoms with van der Waals surface area (Å²) < 4.78 is 0. The van der Waals surface area contributed by atoms with Crippen molar-refractivity contribution in [3.63, 3.8) is 0 Å². The summed E-state index contributed by atoms with van der Waals surface area (Å²) in [6.07, 6.45) is 4.70. The first-order chi connectivity index (χ1) is 9.20. The summed E-state index contributed by atoms with van der Waals surface area (Å²) >= 11 is 1.79. The second-order valence-corrected chi connectivity index (χ2v) is 6.08. The molecular formula is C16H20N2S. The minimum atomic E-state index is 0.0454. The van der Waals surface area contributed by atoms with Crippen molar-refractivity contribution in [1.29, 1.82) is 0 Å². The Morgan fingerprint density at radius 2 is 1.74 bits per heavy atom. The SMILES string of the molecule is CCc1ccc(C(N)C(C)Sc2ccncc2)cc1. The average molecular weight is 272 g/mol. The zero-order chi connectivity index (χ0) is 13.7. The van der Waals surface area contributed by atoms with Gasteiger partial charge in [0.15, 0.2) is 0 Å². The Morgan fingerprint density at radius 3 is 2.32 bits per heavy atom. The molecule has 2 atom stereocenters. The van der Waals surface area contributed by atoms with Gasteiger partial charge < -0.3 is 5.73 Å². The number of nitrogens with two attached hydrogens (primary N) is 1. The Morgan fingerprint density at radius 1 is 1.11 bits per heavy atom. The molecule has 2 aromatic rings. The predicted molar refractivity (Wildman–Crippen MR) is 82.3 cm³/mol. The van der Waals surface area contributed by atoms with Gasteiger partial charge in [-0.05, 0) is 29.7 Å². The highest BCUT2D eigenvalue weighted by molar-refractivity contribution is 8.00. The van der Waals surface area contributed by atoms with E-state index in [2.05, 4.69) is 43.1 Å². The van der Waals surface area contributed by atoms with Crippen molar-refractivity contribution < 1.29 is 0 Å². The Bertz CT molecular complexity index is 496. The lowest BCUT2D eigenvalue weighted by atomic mass is 10.0. The number of rotatable bonds is 5. The van der Waals surface area contributed by atoms with Crippen LogP contribution in [0.1, 0.15) is 31.0 Å². The molecule has 1 heterocycles. The Labute approximate surface area is 119 Å². The van der Waals surface area contributed by atoms with E-state index in [4.69, 9.17) is 5.73 Å². The molecule has 2 nitrogen and oxygen atoms in total. The zero-order valence-corrected chi connectivity index (χ0v) is 12.2. The Hall–Kier alpha value is -1.32. The molecule has 0 fully saturated rings. The number of benzene rings is 1. The Balaban J connectivity index is 2.03. The van der Waals surface area contributed by atoms with Gasteiger partial charge in [-0.3, -0.25) is 4.98 Å². The minimum Gasteiger partial charge on any atom is -0.323 e. The van der Waals surface area contributed by atoms with E-state index in [-0.39, 0.29) is 6.04 Å². The molecule has 0 bridgehead atoms. The summed E-state index contributed by atoms with van der Waals surface area (Å²) in [4.78, 5) is 5.24.